The molecule has 98 valence electrons. The second kappa shape index (κ2) is 6.01. The summed E-state index contributed by atoms with van der Waals surface area (Å²) in [6.45, 7) is 3.96. The van der Waals surface area contributed by atoms with E-state index in [0.717, 1.165) is 12.8 Å². The summed E-state index contributed by atoms with van der Waals surface area (Å²) in [5, 5.41) is 0. The van der Waals surface area contributed by atoms with E-state index in [9.17, 15) is 4.79 Å². The van der Waals surface area contributed by atoms with Crippen LogP contribution in [0.2, 0.25) is 0 Å². The number of carbonyl (C=O) groups excluding carboxylic acids is 1. The van der Waals surface area contributed by atoms with Gasteiger partial charge in [0.05, 0.1) is 13.2 Å². The minimum absolute atomic E-state index is 0.0507. The molecule has 1 saturated heterocycles. The molecule has 2 rings (SSSR count). The van der Waals surface area contributed by atoms with Crippen molar-refractivity contribution in [3.8, 4) is 0 Å². The number of rotatable bonds is 6. The van der Waals surface area contributed by atoms with Crippen LogP contribution in [0.4, 0.5) is 0 Å². The van der Waals surface area contributed by atoms with Gasteiger partial charge in [-0.25, -0.2) is 0 Å². The molecule has 0 unspecified atom stereocenters. The lowest BCUT2D eigenvalue weighted by molar-refractivity contribution is -0.165. The van der Waals surface area contributed by atoms with Crippen molar-refractivity contribution >= 4 is 5.97 Å². The third-order valence-electron chi connectivity index (χ3n) is 3.17. The Bertz CT molecular complexity index is 382. The van der Waals surface area contributed by atoms with Crippen LogP contribution in [0, 0.1) is 5.41 Å². The first kappa shape index (κ1) is 13.1. The number of benzene rings is 1. The maximum Gasteiger partial charge on any atom is 0.305 e. The predicted octanol–water partition coefficient (Wildman–Crippen LogP) is 2.59. The second-order valence-corrected chi connectivity index (χ2v) is 5.30. The van der Waals surface area contributed by atoms with E-state index in [1.54, 1.807) is 0 Å². The van der Waals surface area contributed by atoms with Gasteiger partial charge in [-0.15, -0.1) is 0 Å². The van der Waals surface area contributed by atoms with Crippen molar-refractivity contribution in [2.45, 2.75) is 26.2 Å². The molecule has 0 spiro atoms. The zero-order chi connectivity index (χ0) is 12.8. The van der Waals surface area contributed by atoms with Gasteiger partial charge >= 0.3 is 5.97 Å². The van der Waals surface area contributed by atoms with Crippen molar-refractivity contribution in [2.24, 2.45) is 5.41 Å². The third-order valence-corrected chi connectivity index (χ3v) is 3.17. The highest BCUT2D eigenvalue weighted by Crippen LogP contribution is 2.26. The van der Waals surface area contributed by atoms with E-state index in [2.05, 4.69) is 19.1 Å². The van der Waals surface area contributed by atoms with Gasteiger partial charge in [0.2, 0.25) is 0 Å². The van der Waals surface area contributed by atoms with E-state index < -0.39 is 0 Å². The van der Waals surface area contributed by atoms with Crippen molar-refractivity contribution < 1.29 is 14.3 Å². The van der Waals surface area contributed by atoms with Gasteiger partial charge in [0, 0.05) is 11.8 Å². The van der Waals surface area contributed by atoms with Crippen LogP contribution in [-0.2, 0) is 20.7 Å². The molecule has 0 atom stereocenters. The van der Waals surface area contributed by atoms with Crippen molar-refractivity contribution in [3.63, 3.8) is 0 Å². The summed E-state index contributed by atoms with van der Waals surface area (Å²) in [5.41, 5.74) is 1.32. The van der Waals surface area contributed by atoms with Crippen LogP contribution in [0.15, 0.2) is 30.3 Å². The molecule has 3 heteroatoms. The Labute approximate surface area is 108 Å². The average molecular weight is 248 g/mol. The highest BCUT2D eigenvalue weighted by molar-refractivity contribution is 5.69. The van der Waals surface area contributed by atoms with Gasteiger partial charge in [-0.2, -0.15) is 0 Å². The summed E-state index contributed by atoms with van der Waals surface area (Å²) in [6.07, 6.45) is 2.26. The molecule has 0 saturated carbocycles. The van der Waals surface area contributed by atoms with E-state index in [0.29, 0.717) is 26.2 Å². The van der Waals surface area contributed by atoms with E-state index in [-0.39, 0.29) is 11.4 Å². The molecule has 0 aromatic heterocycles. The summed E-state index contributed by atoms with van der Waals surface area (Å²) in [5.74, 6) is -0.0981. The Morgan fingerprint density at radius 2 is 2.06 bits per heavy atom. The number of ether oxygens (including phenoxy) is 2. The minimum atomic E-state index is -0.0981. The lowest BCUT2D eigenvalue weighted by atomic mass is 9.90. The lowest BCUT2D eigenvalue weighted by Gasteiger charge is -2.37. The molecule has 1 aromatic carbocycles. The van der Waals surface area contributed by atoms with Crippen molar-refractivity contribution in [3.05, 3.63) is 35.9 Å². The van der Waals surface area contributed by atoms with Gasteiger partial charge in [-0.1, -0.05) is 37.3 Å². The van der Waals surface area contributed by atoms with Crippen molar-refractivity contribution in [1.82, 2.24) is 0 Å². The largest absolute Gasteiger partial charge is 0.465 e. The summed E-state index contributed by atoms with van der Waals surface area (Å²) in [7, 11) is 0. The summed E-state index contributed by atoms with van der Waals surface area (Å²) in [6, 6.07) is 10.2. The molecule has 0 N–H and O–H groups in total. The van der Waals surface area contributed by atoms with Gasteiger partial charge in [0.1, 0.15) is 6.61 Å². The Hall–Kier alpha value is -1.35. The van der Waals surface area contributed by atoms with Crippen molar-refractivity contribution in [1.29, 1.82) is 0 Å². The summed E-state index contributed by atoms with van der Waals surface area (Å²) >= 11 is 0. The molecule has 0 aliphatic carbocycles. The standard InChI is InChI=1S/C15H20O3/c1-15(10-17-11-15)12-18-14(16)9-5-8-13-6-3-2-4-7-13/h2-4,6-7H,5,8-12H2,1H3. The van der Waals surface area contributed by atoms with E-state index in [1.807, 2.05) is 18.2 Å². The fourth-order valence-corrected chi connectivity index (χ4v) is 1.94. The average Bonchev–Trinajstić information content (AvgIpc) is 2.35. The first-order valence-electron chi connectivity index (χ1n) is 6.45. The topological polar surface area (TPSA) is 35.5 Å². The van der Waals surface area contributed by atoms with Crippen LogP contribution in [0.25, 0.3) is 0 Å². The minimum Gasteiger partial charge on any atom is -0.465 e. The van der Waals surface area contributed by atoms with Gasteiger partial charge in [0.15, 0.2) is 0 Å². The fraction of sp³-hybridized carbons (Fsp3) is 0.533. The molecule has 0 bridgehead atoms. The molecular formula is C15H20O3. The van der Waals surface area contributed by atoms with Crippen LogP contribution in [0.1, 0.15) is 25.3 Å². The highest BCUT2D eigenvalue weighted by Gasteiger charge is 2.34. The maximum absolute atomic E-state index is 11.6. The quantitative estimate of drug-likeness (QED) is 0.726. The summed E-state index contributed by atoms with van der Waals surface area (Å²) in [4.78, 5) is 11.6. The number of aryl methyl sites for hydroxylation is 1. The van der Waals surface area contributed by atoms with Crippen LogP contribution < -0.4 is 0 Å². The van der Waals surface area contributed by atoms with Gasteiger partial charge in [-0.3, -0.25) is 4.79 Å². The zero-order valence-corrected chi connectivity index (χ0v) is 10.9. The molecule has 1 heterocycles. The van der Waals surface area contributed by atoms with E-state index in [1.165, 1.54) is 5.56 Å². The Morgan fingerprint density at radius 1 is 1.33 bits per heavy atom. The lowest BCUT2D eigenvalue weighted by Crippen LogP contribution is -2.44. The highest BCUT2D eigenvalue weighted by atomic mass is 16.5. The van der Waals surface area contributed by atoms with Crippen LogP contribution in [-0.4, -0.2) is 25.8 Å². The molecule has 1 aromatic rings. The molecule has 18 heavy (non-hydrogen) atoms. The number of esters is 1. The monoisotopic (exact) mass is 248 g/mol. The van der Waals surface area contributed by atoms with Gasteiger partial charge in [0.25, 0.3) is 0 Å². The predicted molar refractivity (Wildman–Crippen MR) is 69.3 cm³/mol. The normalized spacial score (nSPS) is 16.9. The molecule has 3 nitrogen and oxygen atoms in total. The zero-order valence-electron chi connectivity index (χ0n) is 10.9. The van der Waals surface area contributed by atoms with Crippen LogP contribution in [0.3, 0.4) is 0 Å². The second-order valence-electron chi connectivity index (χ2n) is 5.30. The summed E-state index contributed by atoms with van der Waals surface area (Å²) < 4.78 is 10.4. The third kappa shape index (κ3) is 3.84. The first-order valence-corrected chi connectivity index (χ1v) is 6.45. The first-order chi connectivity index (χ1) is 8.68. The smallest absolute Gasteiger partial charge is 0.305 e. The Kier molecular flexibility index (Phi) is 4.37. The van der Waals surface area contributed by atoms with Crippen LogP contribution >= 0.6 is 0 Å². The molecule has 1 aliphatic rings. The van der Waals surface area contributed by atoms with Crippen molar-refractivity contribution in [2.75, 3.05) is 19.8 Å². The Morgan fingerprint density at radius 3 is 2.67 bits per heavy atom. The number of hydrogen-bond donors (Lipinski definition) is 0. The Balaban J connectivity index is 1.60. The molecule has 1 fully saturated rings. The SMILES string of the molecule is CC1(COC(=O)CCCc2ccccc2)COC1. The molecule has 0 radical (unpaired) electrons. The molecular weight excluding hydrogens is 228 g/mol. The van der Waals surface area contributed by atoms with Gasteiger partial charge < -0.3 is 9.47 Å². The van der Waals surface area contributed by atoms with Crippen LogP contribution in [0.5, 0.6) is 0 Å². The van der Waals surface area contributed by atoms with E-state index >= 15 is 0 Å². The van der Waals surface area contributed by atoms with Gasteiger partial charge in [-0.05, 0) is 18.4 Å². The number of hydrogen-bond acceptors (Lipinski definition) is 3. The number of carbonyl (C=O) groups is 1. The molecule has 1 aliphatic heterocycles. The maximum atomic E-state index is 11.6. The fourth-order valence-electron chi connectivity index (χ4n) is 1.94. The van der Waals surface area contributed by atoms with E-state index in [4.69, 9.17) is 9.47 Å². The molecule has 0 amide bonds.